The second-order valence-corrected chi connectivity index (χ2v) is 5.19. The molecule has 0 radical (unpaired) electrons. The van der Waals surface area contributed by atoms with Crippen LogP contribution in [0.5, 0.6) is 0 Å². The van der Waals surface area contributed by atoms with E-state index < -0.39 is 5.97 Å². The molecule has 24 heavy (non-hydrogen) atoms. The maximum absolute atomic E-state index is 12.2. The van der Waals surface area contributed by atoms with Gasteiger partial charge < -0.3 is 10.1 Å². The van der Waals surface area contributed by atoms with Crippen LogP contribution in [0.3, 0.4) is 0 Å². The smallest absolute Gasteiger partial charge is 0.356 e. The molecule has 120 valence electrons. The highest BCUT2D eigenvalue weighted by Gasteiger charge is 2.17. The van der Waals surface area contributed by atoms with Gasteiger partial charge in [0.2, 0.25) is 0 Å². The first-order valence-corrected chi connectivity index (χ1v) is 7.45. The molecule has 0 unspecified atom stereocenters. The summed E-state index contributed by atoms with van der Waals surface area (Å²) in [4.78, 5) is 28.6. The number of rotatable bonds is 3. The lowest BCUT2D eigenvalue weighted by Gasteiger charge is -2.12. The third-order valence-corrected chi connectivity index (χ3v) is 3.79. The molecule has 0 bridgehead atoms. The Labute approximate surface area is 139 Å². The average Bonchev–Trinajstić information content (AvgIpc) is 2.65. The first kappa shape index (κ1) is 15.7. The molecule has 2 aromatic carbocycles. The Hall–Kier alpha value is -3.21. The van der Waals surface area contributed by atoms with Gasteiger partial charge in [-0.15, -0.1) is 0 Å². The van der Waals surface area contributed by atoms with E-state index >= 15 is 0 Å². The fourth-order valence-electron chi connectivity index (χ4n) is 2.64. The summed E-state index contributed by atoms with van der Waals surface area (Å²) >= 11 is 0. The summed E-state index contributed by atoms with van der Waals surface area (Å²) in [7, 11) is 2.90. The number of nitrogens with zero attached hydrogens (tertiary/aromatic N) is 1. The zero-order chi connectivity index (χ0) is 17.1. The Kier molecular flexibility index (Phi) is 4.24. The Balaban J connectivity index is 2.34. The summed E-state index contributed by atoms with van der Waals surface area (Å²) in [6, 6.07) is 16.5. The fraction of sp³-hybridized carbons (Fsp3) is 0.105. The predicted molar refractivity (Wildman–Crippen MR) is 91.9 cm³/mol. The highest BCUT2D eigenvalue weighted by Crippen LogP contribution is 2.30. The number of hydrogen-bond donors (Lipinski definition) is 1. The van der Waals surface area contributed by atoms with E-state index in [9.17, 15) is 9.59 Å². The molecule has 0 aliphatic heterocycles. The summed E-state index contributed by atoms with van der Waals surface area (Å²) in [5.74, 6) is -0.723. The number of nitrogens with one attached hydrogen (secondary N) is 1. The average molecular weight is 320 g/mol. The van der Waals surface area contributed by atoms with Crippen molar-refractivity contribution in [2.24, 2.45) is 0 Å². The number of ether oxygens (including phenoxy) is 1. The van der Waals surface area contributed by atoms with Gasteiger partial charge in [-0.1, -0.05) is 42.5 Å². The van der Waals surface area contributed by atoms with Gasteiger partial charge >= 0.3 is 5.97 Å². The molecule has 5 nitrogen and oxygen atoms in total. The van der Waals surface area contributed by atoms with Crippen molar-refractivity contribution in [3.63, 3.8) is 0 Å². The van der Waals surface area contributed by atoms with Gasteiger partial charge in [0.25, 0.3) is 5.91 Å². The van der Waals surface area contributed by atoms with Crippen LogP contribution < -0.4 is 5.32 Å². The lowest BCUT2D eigenvalue weighted by Crippen LogP contribution is -2.19. The quantitative estimate of drug-likeness (QED) is 0.753. The second kappa shape index (κ2) is 6.50. The fourth-order valence-corrected chi connectivity index (χ4v) is 2.64. The largest absolute Gasteiger partial charge is 0.464 e. The van der Waals surface area contributed by atoms with Crippen LogP contribution in [0, 0.1) is 0 Å². The molecule has 1 N–H and O–H groups in total. The number of benzene rings is 2. The number of amides is 1. The highest BCUT2D eigenvalue weighted by molar-refractivity contribution is 6.06. The van der Waals surface area contributed by atoms with Crippen molar-refractivity contribution in [3.8, 4) is 11.3 Å². The van der Waals surface area contributed by atoms with Crippen LogP contribution in [-0.4, -0.2) is 31.0 Å². The number of carbonyl (C=O) groups is 2. The lowest BCUT2D eigenvalue weighted by molar-refractivity contribution is 0.0594. The van der Waals surface area contributed by atoms with Crippen LogP contribution in [0.15, 0.2) is 54.6 Å². The van der Waals surface area contributed by atoms with E-state index in [0.717, 1.165) is 10.8 Å². The summed E-state index contributed by atoms with van der Waals surface area (Å²) in [5, 5.41) is 4.35. The number of methoxy groups -OCH3 is 1. The topological polar surface area (TPSA) is 68.3 Å². The number of hydrogen-bond acceptors (Lipinski definition) is 4. The van der Waals surface area contributed by atoms with E-state index in [1.54, 1.807) is 25.2 Å². The van der Waals surface area contributed by atoms with E-state index in [4.69, 9.17) is 4.74 Å². The Morgan fingerprint density at radius 1 is 1.04 bits per heavy atom. The van der Waals surface area contributed by atoms with Gasteiger partial charge in [-0.3, -0.25) is 4.79 Å². The normalized spacial score (nSPS) is 10.4. The minimum absolute atomic E-state index is 0.206. The molecule has 3 rings (SSSR count). The van der Waals surface area contributed by atoms with Gasteiger partial charge in [-0.2, -0.15) is 0 Å². The number of fused-ring (bicyclic) bond motifs is 1. The third kappa shape index (κ3) is 2.72. The predicted octanol–water partition coefficient (Wildman–Crippen LogP) is 3.05. The summed E-state index contributed by atoms with van der Waals surface area (Å²) in [5.41, 5.74) is 1.95. The first-order valence-electron chi connectivity index (χ1n) is 7.45. The zero-order valence-corrected chi connectivity index (χ0v) is 13.4. The Morgan fingerprint density at radius 3 is 2.50 bits per heavy atom. The van der Waals surface area contributed by atoms with Crippen molar-refractivity contribution >= 4 is 22.6 Å². The molecule has 3 aromatic rings. The van der Waals surface area contributed by atoms with Gasteiger partial charge in [0.15, 0.2) is 0 Å². The van der Waals surface area contributed by atoms with Crippen molar-refractivity contribution in [3.05, 3.63) is 65.9 Å². The van der Waals surface area contributed by atoms with Crippen molar-refractivity contribution in [2.75, 3.05) is 14.2 Å². The van der Waals surface area contributed by atoms with E-state index in [0.29, 0.717) is 16.8 Å². The van der Waals surface area contributed by atoms with E-state index in [1.165, 1.54) is 7.11 Å². The van der Waals surface area contributed by atoms with Crippen LogP contribution in [-0.2, 0) is 4.74 Å². The van der Waals surface area contributed by atoms with E-state index in [2.05, 4.69) is 10.3 Å². The molecule has 1 aromatic heterocycles. The molecule has 0 aliphatic rings. The minimum Gasteiger partial charge on any atom is -0.464 e. The molecule has 0 atom stereocenters. The molecular formula is C19H16N2O3. The minimum atomic E-state index is -0.514. The molecular weight excluding hydrogens is 304 g/mol. The third-order valence-electron chi connectivity index (χ3n) is 3.79. The number of esters is 1. The van der Waals surface area contributed by atoms with Crippen LogP contribution >= 0.6 is 0 Å². The maximum Gasteiger partial charge on any atom is 0.356 e. The molecule has 0 spiro atoms. The first-order chi connectivity index (χ1) is 11.7. The zero-order valence-electron chi connectivity index (χ0n) is 13.4. The second-order valence-electron chi connectivity index (χ2n) is 5.19. The summed E-state index contributed by atoms with van der Waals surface area (Å²) < 4.78 is 4.79. The van der Waals surface area contributed by atoms with Crippen LogP contribution in [0.4, 0.5) is 0 Å². The molecule has 1 heterocycles. The van der Waals surface area contributed by atoms with E-state index in [1.807, 2.05) is 36.4 Å². The van der Waals surface area contributed by atoms with Gasteiger partial charge in [0.1, 0.15) is 5.69 Å². The van der Waals surface area contributed by atoms with Gasteiger partial charge in [-0.25, -0.2) is 9.78 Å². The van der Waals surface area contributed by atoms with E-state index in [-0.39, 0.29) is 11.6 Å². The summed E-state index contributed by atoms with van der Waals surface area (Å²) in [6.45, 7) is 0. The van der Waals surface area contributed by atoms with Crippen LogP contribution in [0.25, 0.3) is 22.0 Å². The number of pyridine rings is 1. The van der Waals surface area contributed by atoms with Gasteiger partial charge in [0, 0.05) is 23.6 Å². The SMILES string of the molecule is CNC(=O)c1ccccc1-c1nc(C(=O)OC)cc2ccccc12. The van der Waals surface area contributed by atoms with Crippen molar-refractivity contribution < 1.29 is 14.3 Å². The molecule has 0 fully saturated rings. The number of carbonyl (C=O) groups excluding carboxylic acids is 2. The Bertz CT molecular complexity index is 935. The monoisotopic (exact) mass is 320 g/mol. The van der Waals surface area contributed by atoms with Crippen molar-refractivity contribution in [2.45, 2.75) is 0 Å². The molecule has 0 saturated heterocycles. The number of aromatic nitrogens is 1. The Morgan fingerprint density at radius 2 is 1.75 bits per heavy atom. The maximum atomic E-state index is 12.2. The standard InChI is InChI=1S/C19H16N2O3/c1-20-18(22)15-10-6-5-9-14(15)17-13-8-4-3-7-12(13)11-16(21-17)19(23)24-2/h3-11H,1-2H3,(H,20,22). The molecule has 1 amide bonds. The van der Waals surface area contributed by atoms with Gasteiger partial charge in [0.05, 0.1) is 12.8 Å². The van der Waals surface area contributed by atoms with Gasteiger partial charge in [-0.05, 0) is 17.5 Å². The van der Waals surface area contributed by atoms with Crippen LogP contribution in [0.2, 0.25) is 0 Å². The molecule has 5 heteroatoms. The highest BCUT2D eigenvalue weighted by atomic mass is 16.5. The van der Waals surface area contributed by atoms with Crippen molar-refractivity contribution in [1.29, 1.82) is 0 Å². The molecule has 0 aliphatic carbocycles. The van der Waals surface area contributed by atoms with Crippen molar-refractivity contribution in [1.82, 2.24) is 10.3 Å². The molecule has 0 saturated carbocycles. The van der Waals surface area contributed by atoms with Crippen LogP contribution in [0.1, 0.15) is 20.8 Å². The summed E-state index contributed by atoms with van der Waals surface area (Å²) in [6.07, 6.45) is 0. The lowest BCUT2D eigenvalue weighted by atomic mass is 9.98.